The number of sulfone groups is 1. The summed E-state index contributed by atoms with van der Waals surface area (Å²) in [5, 5.41) is 10.6. The minimum Gasteiger partial charge on any atom is -0.291 e. The molecule has 7 nitrogen and oxygen atoms in total. The molecule has 30 heavy (non-hydrogen) atoms. The molecule has 0 unspecified atom stereocenters. The molecule has 2 heterocycles. The van der Waals surface area contributed by atoms with Crippen molar-refractivity contribution in [2.24, 2.45) is 0 Å². The first-order valence-electron chi connectivity index (χ1n) is 8.74. The number of amides is 2. The number of nitrogens with zero attached hydrogens (tertiary/aromatic N) is 4. The van der Waals surface area contributed by atoms with Crippen molar-refractivity contribution in [3.63, 3.8) is 0 Å². The summed E-state index contributed by atoms with van der Waals surface area (Å²) in [6.07, 6.45) is 3.95. The first-order valence-corrected chi connectivity index (χ1v) is 10.6. The molecule has 152 valence electrons. The fourth-order valence-electron chi connectivity index (χ4n) is 3.38. The second-order valence-electron chi connectivity index (χ2n) is 6.82. The van der Waals surface area contributed by atoms with Crippen LogP contribution in [0.15, 0.2) is 53.7 Å². The summed E-state index contributed by atoms with van der Waals surface area (Å²) in [6, 6.07) is 7.91. The van der Waals surface area contributed by atoms with Crippen LogP contribution in [-0.4, -0.2) is 38.3 Å². The van der Waals surface area contributed by atoms with Gasteiger partial charge in [-0.3, -0.25) is 14.8 Å². The van der Waals surface area contributed by atoms with Crippen LogP contribution in [0.2, 0.25) is 0 Å². The van der Waals surface area contributed by atoms with E-state index < -0.39 is 33.5 Å². The minimum atomic E-state index is -3.51. The molecule has 0 aliphatic carbocycles. The number of carbonyl (C=O) groups is 1. The number of halogens is 2. The molecule has 1 aliphatic heterocycles. The number of urea groups is 1. The number of fused-ring (bicyclic) bond motifs is 1. The Morgan fingerprint density at radius 3 is 2.57 bits per heavy atom. The topological polar surface area (TPSA) is 94.4 Å². The highest BCUT2D eigenvalue weighted by atomic mass is 32.2. The minimum absolute atomic E-state index is 0.0556. The Balaban J connectivity index is 1.85. The molecule has 1 aromatic heterocycles. The van der Waals surface area contributed by atoms with Gasteiger partial charge in [-0.05, 0) is 24.3 Å². The van der Waals surface area contributed by atoms with E-state index in [9.17, 15) is 27.3 Å². The molecule has 0 radical (unpaired) electrons. The van der Waals surface area contributed by atoms with E-state index in [1.54, 1.807) is 6.07 Å². The zero-order valence-corrected chi connectivity index (χ0v) is 16.4. The van der Waals surface area contributed by atoms with Crippen molar-refractivity contribution < 1.29 is 22.0 Å². The van der Waals surface area contributed by atoms with Gasteiger partial charge >= 0.3 is 6.03 Å². The lowest BCUT2D eigenvalue weighted by Gasteiger charge is -2.21. The number of anilines is 2. The van der Waals surface area contributed by atoms with E-state index in [4.69, 9.17) is 0 Å². The molecule has 1 atom stereocenters. The average Bonchev–Trinajstić information content (AvgIpc) is 3.04. The van der Waals surface area contributed by atoms with Gasteiger partial charge in [-0.15, -0.1) is 0 Å². The Bertz CT molecular complexity index is 1340. The predicted molar refractivity (Wildman–Crippen MR) is 106 cm³/mol. The van der Waals surface area contributed by atoms with Gasteiger partial charge in [0.05, 0.1) is 29.4 Å². The van der Waals surface area contributed by atoms with Gasteiger partial charge in [0, 0.05) is 35.0 Å². The summed E-state index contributed by atoms with van der Waals surface area (Å²) < 4.78 is 50.9. The summed E-state index contributed by atoms with van der Waals surface area (Å²) in [5.74, 6) is -2.16. The van der Waals surface area contributed by atoms with Crippen LogP contribution in [0, 0.1) is 23.0 Å². The van der Waals surface area contributed by atoms with Crippen molar-refractivity contribution in [3.05, 3.63) is 60.4 Å². The third-order valence-corrected chi connectivity index (χ3v) is 5.98. The predicted octanol–water partition coefficient (Wildman–Crippen LogP) is 3.26. The van der Waals surface area contributed by atoms with Crippen LogP contribution in [0.1, 0.15) is 0 Å². The molecule has 0 saturated carbocycles. The Kier molecular flexibility index (Phi) is 4.63. The lowest BCUT2D eigenvalue weighted by atomic mass is 10.1. The van der Waals surface area contributed by atoms with Crippen LogP contribution < -0.4 is 9.80 Å². The lowest BCUT2D eigenvalue weighted by Crippen LogP contribution is -2.34. The van der Waals surface area contributed by atoms with Crippen LogP contribution in [0.5, 0.6) is 0 Å². The summed E-state index contributed by atoms with van der Waals surface area (Å²) in [7, 11) is -3.51. The normalized spacial score (nSPS) is 16.9. The molecule has 1 saturated heterocycles. The van der Waals surface area contributed by atoms with Crippen molar-refractivity contribution in [3.8, 4) is 6.07 Å². The molecular formula is C20H14F2N4O3S. The molecule has 0 N–H and O–H groups in total. The van der Waals surface area contributed by atoms with Gasteiger partial charge in [-0.2, -0.15) is 5.26 Å². The molecule has 0 bridgehead atoms. The van der Waals surface area contributed by atoms with Gasteiger partial charge in [0.2, 0.25) is 0 Å². The summed E-state index contributed by atoms with van der Waals surface area (Å²) in [6.45, 7) is -0.0808. The van der Waals surface area contributed by atoms with E-state index in [1.807, 2.05) is 6.07 Å². The number of rotatable bonds is 3. The van der Waals surface area contributed by atoms with Crippen molar-refractivity contribution in [1.29, 1.82) is 5.26 Å². The number of aromatic nitrogens is 1. The Labute approximate surface area is 170 Å². The van der Waals surface area contributed by atoms with Gasteiger partial charge in [0.15, 0.2) is 21.5 Å². The first-order chi connectivity index (χ1) is 14.2. The summed E-state index contributed by atoms with van der Waals surface area (Å²) in [4.78, 5) is 19.6. The Morgan fingerprint density at radius 2 is 1.90 bits per heavy atom. The van der Waals surface area contributed by atoms with Gasteiger partial charge < -0.3 is 0 Å². The molecular weight excluding hydrogens is 414 g/mol. The second-order valence-corrected chi connectivity index (χ2v) is 8.84. The third-order valence-electron chi connectivity index (χ3n) is 4.87. The number of hydrogen-bond donors (Lipinski definition) is 0. The molecule has 1 fully saturated rings. The SMILES string of the molecule is CS(=O)(=O)c1ccc2cncc(N3C(=O)N(c4ccc(F)c(F)c4)C[C@@H]3C#N)c2c1. The maximum atomic E-state index is 13.7. The van der Waals surface area contributed by atoms with E-state index in [2.05, 4.69) is 4.98 Å². The maximum absolute atomic E-state index is 13.7. The third kappa shape index (κ3) is 3.23. The smallest absolute Gasteiger partial charge is 0.291 e. The fraction of sp³-hybridized carbons (Fsp3) is 0.150. The van der Waals surface area contributed by atoms with Gasteiger partial charge in [-0.25, -0.2) is 22.0 Å². The molecule has 2 amide bonds. The maximum Gasteiger partial charge on any atom is 0.330 e. The zero-order valence-electron chi connectivity index (χ0n) is 15.6. The van der Waals surface area contributed by atoms with E-state index >= 15 is 0 Å². The molecule has 10 heteroatoms. The van der Waals surface area contributed by atoms with Crippen molar-refractivity contribution >= 4 is 38.0 Å². The van der Waals surface area contributed by atoms with E-state index in [1.165, 1.54) is 35.5 Å². The number of pyridine rings is 1. The molecule has 2 aromatic carbocycles. The average molecular weight is 428 g/mol. The summed E-state index contributed by atoms with van der Waals surface area (Å²) in [5.41, 5.74) is 0.353. The zero-order chi connectivity index (χ0) is 21.6. The number of benzene rings is 2. The van der Waals surface area contributed by atoms with Gasteiger partial charge in [0.25, 0.3) is 0 Å². The quantitative estimate of drug-likeness (QED) is 0.638. The van der Waals surface area contributed by atoms with Crippen LogP contribution in [-0.2, 0) is 9.84 Å². The number of hydrogen-bond acceptors (Lipinski definition) is 5. The Morgan fingerprint density at radius 1 is 1.13 bits per heavy atom. The number of carbonyl (C=O) groups excluding carboxylic acids is 1. The molecule has 3 aromatic rings. The first kappa shape index (κ1) is 19.7. The second kappa shape index (κ2) is 7.03. The van der Waals surface area contributed by atoms with E-state index in [0.29, 0.717) is 10.8 Å². The summed E-state index contributed by atoms with van der Waals surface area (Å²) >= 11 is 0. The van der Waals surface area contributed by atoms with E-state index in [0.717, 1.165) is 23.3 Å². The fourth-order valence-corrected chi connectivity index (χ4v) is 4.03. The largest absolute Gasteiger partial charge is 0.330 e. The monoisotopic (exact) mass is 428 g/mol. The van der Waals surface area contributed by atoms with Crippen molar-refractivity contribution in [2.45, 2.75) is 10.9 Å². The standard InChI is InChI=1S/C20H14F2N4O3S/c1-30(28,29)15-4-2-12-9-24-10-19(16(12)7-15)26-14(8-23)11-25(20(26)27)13-3-5-17(21)18(22)6-13/h2-7,9-10,14H,11H2,1H3/t14-/m0/s1. The van der Waals surface area contributed by atoms with Crippen LogP contribution in [0.4, 0.5) is 25.0 Å². The molecule has 4 rings (SSSR count). The highest BCUT2D eigenvalue weighted by Gasteiger charge is 2.40. The van der Waals surface area contributed by atoms with E-state index in [-0.39, 0.29) is 22.8 Å². The lowest BCUT2D eigenvalue weighted by molar-refractivity contribution is 0.255. The van der Waals surface area contributed by atoms with Gasteiger partial charge in [-0.1, -0.05) is 6.07 Å². The Hall–Kier alpha value is -3.58. The number of nitriles is 1. The van der Waals surface area contributed by atoms with Crippen LogP contribution in [0.3, 0.4) is 0 Å². The molecule has 0 spiro atoms. The van der Waals surface area contributed by atoms with Crippen molar-refractivity contribution in [1.82, 2.24) is 4.98 Å². The van der Waals surface area contributed by atoms with Crippen LogP contribution in [0.25, 0.3) is 10.8 Å². The molecule has 1 aliphatic rings. The van der Waals surface area contributed by atoms with Crippen molar-refractivity contribution in [2.75, 3.05) is 22.6 Å². The highest BCUT2D eigenvalue weighted by Crippen LogP contribution is 2.34. The van der Waals surface area contributed by atoms with Gasteiger partial charge in [0.1, 0.15) is 6.04 Å². The highest BCUT2D eigenvalue weighted by molar-refractivity contribution is 7.90. The van der Waals surface area contributed by atoms with Crippen LogP contribution >= 0.6 is 0 Å².